The van der Waals surface area contributed by atoms with Gasteiger partial charge in [-0.15, -0.1) is 0 Å². The fourth-order valence-corrected chi connectivity index (χ4v) is 1.97. The summed E-state index contributed by atoms with van der Waals surface area (Å²) in [5, 5.41) is 0. The van der Waals surface area contributed by atoms with E-state index in [1.54, 1.807) is 4.90 Å². The minimum Gasteiger partial charge on any atom is -0.341 e. The molecule has 0 radical (unpaired) electrons. The van der Waals surface area contributed by atoms with Gasteiger partial charge < -0.3 is 10.6 Å². The van der Waals surface area contributed by atoms with Crippen LogP contribution in [-0.4, -0.2) is 30.9 Å². The maximum atomic E-state index is 12.4. The monoisotopic (exact) mass is 248 g/mol. The van der Waals surface area contributed by atoms with E-state index in [9.17, 15) is 4.79 Å². The van der Waals surface area contributed by atoms with E-state index in [1.807, 2.05) is 39.1 Å². The largest absolute Gasteiger partial charge is 0.341 e. The molecule has 0 aliphatic rings. The van der Waals surface area contributed by atoms with Crippen molar-refractivity contribution < 1.29 is 4.79 Å². The molecule has 1 rings (SSSR count). The summed E-state index contributed by atoms with van der Waals surface area (Å²) in [5.74, 6) is 0.0673. The van der Waals surface area contributed by atoms with Crippen LogP contribution in [0.2, 0.25) is 0 Å². The number of amides is 1. The number of aryl methyl sites for hydroxylation is 1. The normalized spacial score (nSPS) is 11.4. The van der Waals surface area contributed by atoms with Gasteiger partial charge in [0.2, 0.25) is 0 Å². The van der Waals surface area contributed by atoms with Crippen LogP contribution in [0.5, 0.6) is 0 Å². The van der Waals surface area contributed by atoms with E-state index < -0.39 is 0 Å². The van der Waals surface area contributed by atoms with E-state index in [-0.39, 0.29) is 11.3 Å². The predicted octanol–water partition coefficient (Wildman–Crippen LogP) is 2.36. The molecule has 0 fully saturated rings. The summed E-state index contributed by atoms with van der Waals surface area (Å²) in [6.07, 6.45) is 0. The van der Waals surface area contributed by atoms with Crippen LogP contribution in [0.1, 0.15) is 35.3 Å². The number of nitrogens with two attached hydrogens (primary N) is 1. The minimum absolute atomic E-state index is 0.0534. The van der Waals surface area contributed by atoms with Crippen LogP contribution in [0.15, 0.2) is 18.2 Å². The van der Waals surface area contributed by atoms with E-state index in [0.29, 0.717) is 13.1 Å². The highest BCUT2D eigenvalue weighted by atomic mass is 16.2. The molecule has 3 heteroatoms. The van der Waals surface area contributed by atoms with Gasteiger partial charge in [-0.1, -0.05) is 26.0 Å². The number of nitrogens with zero attached hydrogens (tertiary/aromatic N) is 1. The molecule has 0 saturated heterocycles. The molecule has 3 nitrogen and oxygen atoms in total. The zero-order valence-electron chi connectivity index (χ0n) is 12.1. The molecule has 100 valence electrons. The molecule has 0 spiro atoms. The highest BCUT2D eigenvalue weighted by Gasteiger charge is 2.22. The van der Waals surface area contributed by atoms with Crippen molar-refractivity contribution >= 4 is 5.91 Å². The average molecular weight is 248 g/mol. The van der Waals surface area contributed by atoms with E-state index in [1.165, 1.54) is 0 Å². The van der Waals surface area contributed by atoms with E-state index in [2.05, 4.69) is 13.8 Å². The molecule has 1 amide bonds. The summed E-state index contributed by atoms with van der Waals surface area (Å²) >= 11 is 0. The van der Waals surface area contributed by atoms with Gasteiger partial charge in [0.05, 0.1) is 0 Å². The quantitative estimate of drug-likeness (QED) is 0.889. The molecule has 2 N–H and O–H groups in total. The Bertz CT molecular complexity index is 438. The molecule has 0 bridgehead atoms. The number of carbonyl (C=O) groups is 1. The zero-order valence-corrected chi connectivity index (χ0v) is 12.1. The number of benzene rings is 1. The van der Waals surface area contributed by atoms with Gasteiger partial charge in [0.1, 0.15) is 0 Å². The fourth-order valence-electron chi connectivity index (χ4n) is 1.97. The van der Waals surface area contributed by atoms with Crippen molar-refractivity contribution in [3.05, 3.63) is 34.9 Å². The van der Waals surface area contributed by atoms with Gasteiger partial charge in [0.15, 0.2) is 0 Å². The van der Waals surface area contributed by atoms with Crippen molar-refractivity contribution in [3.63, 3.8) is 0 Å². The molecule has 0 unspecified atom stereocenters. The SMILES string of the molecule is Cc1cccc(C(=O)N(C)CC(C)(C)CN)c1C. The second-order valence-corrected chi connectivity index (χ2v) is 5.78. The van der Waals surface area contributed by atoms with Crippen molar-refractivity contribution in [2.75, 3.05) is 20.1 Å². The molecule has 0 heterocycles. The maximum Gasteiger partial charge on any atom is 0.253 e. The van der Waals surface area contributed by atoms with Crippen LogP contribution in [0.4, 0.5) is 0 Å². The first-order valence-corrected chi connectivity index (χ1v) is 6.30. The van der Waals surface area contributed by atoms with Gasteiger partial charge in [-0.05, 0) is 43.0 Å². The average Bonchev–Trinajstić information content (AvgIpc) is 2.31. The van der Waals surface area contributed by atoms with Gasteiger partial charge in [0, 0.05) is 19.2 Å². The van der Waals surface area contributed by atoms with Crippen molar-refractivity contribution in [3.8, 4) is 0 Å². The summed E-state index contributed by atoms with van der Waals surface area (Å²) in [4.78, 5) is 14.2. The molecular weight excluding hydrogens is 224 g/mol. The number of carbonyl (C=O) groups excluding carboxylic acids is 1. The number of hydrogen-bond donors (Lipinski definition) is 1. The minimum atomic E-state index is -0.0534. The second kappa shape index (κ2) is 5.53. The lowest BCUT2D eigenvalue weighted by molar-refractivity contribution is 0.0739. The Hall–Kier alpha value is -1.35. The van der Waals surface area contributed by atoms with Crippen molar-refractivity contribution in [2.45, 2.75) is 27.7 Å². The number of hydrogen-bond acceptors (Lipinski definition) is 2. The molecule has 0 aromatic heterocycles. The lowest BCUT2D eigenvalue weighted by Crippen LogP contribution is -2.40. The third-order valence-corrected chi connectivity index (χ3v) is 3.40. The molecule has 0 saturated carbocycles. The van der Waals surface area contributed by atoms with E-state index >= 15 is 0 Å². The van der Waals surface area contributed by atoms with E-state index in [4.69, 9.17) is 5.73 Å². The Morgan fingerprint density at radius 3 is 2.50 bits per heavy atom. The lowest BCUT2D eigenvalue weighted by atomic mass is 9.92. The third kappa shape index (κ3) is 3.33. The first kappa shape index (κ1) is 14.7. The Kier molecular flexibility index (Phi) is 4.52. The molecular formula is C15H24N2O. The summed E-state index contributed by atoms with van der Waals surface area (Å²) in [6, 6.07) is 5.84. The molecule has 0 aliphatic carbocycles. The highest BCUT2D eigenvalue weighted by Crippen LogP contribution is 2.18. The van der Waals surface area contributed by atoms with Crippen molar-refractivity contribution in [1.29, 1.82) is 0 Å². The smallest absolute Gasteiger partial charge is 0.253 e. The molecule has 1 aromatic rings. The summed E-state index contributed by atoms with van der Waals surface area (Å²) < 4.78 is 0. The van der Waals surface area contributed by atoms with Gasteiger partial charge in [-0.3, -0.25) is 4.79 Å². The standard InChI is InChI=1S/C15H24N2O/c1-11-7-6-8-13(12(11)2)14(18)17(5)10-15(3,4)9-16/h6-8H,9-10,16H2,1-5H3. The topological polar surface area (TPSA) is 46.3 Å². The van der Waals surface area contributed by atoms with Gasteiger partial charge in [-0.2, -0.15) is 0 Å². The van der Waals surface area contributed by atoms with Crippen LogP contribution in [0.25, 0.3) is 0 Å². The molecule has 0 aliphatic heterocycles. The van der Waals surface area contributed by atoms with Crippen molar-refractivity contribution in [2.24, 2.45) is 11.1 Å². The fraction of sp³-hybridized carbons (Fsp3) is 0.533. The van der Waals surface area contributed by atoms with Crippen LogP contribution in [0, 0.1) is 19.3 Å². The Morgan fingerprint density at radius 1 is 1.33 bits per heavy atom. The third-order valence-electron chi connectivity index (χ3n) is 3.40. The second-order valence-electron chi connectivity index (χ2n) is 5.78. The van der Waals surface area contributed by atoms with Crippen LogP contribution < -0.4 is 5.73 Å². The summed E-state index contributed by atoms with van der Waals surface area (Å²) in [5.41, 5.74) is 8.64. The van der Waals surface area contributed by atoms with Crippen molar-refractivity contribution in [1.82, 2.24) is 4.90 Å². The van der Waals surface area contributed by atoms with Gasteiger partial charge >= 0.3 is 0 Å². The molecule has 18 heavy (non-hydrogen) atoms. The highest BCUT2D eigenvalue weighted by molar-refractivity contribution is 5.95. The van der Waals surface area contributed by atoms with E-state index in [0.717, 1.165) is 16.7 Å². The lowest BCUT2D eigenvalue weighted by Gasteiger charge is -2.29. The summed E-state index contributed by atoms with van der Waals surface area (Å²) in [7, 11) is 1.83. The molecule has 1 aromatic carbocycles. The molecule has 0 atom stereocenters. The first-order chi connectivity index (χ1) is 8.28. The Labute approximate surface area is 110 Å². The predicted molar refractivity (Wildman–Crippen MR) is 75.7 cm³/mol. The van der Waals surface area contributed by atoms with Gasteiger partial charge in [0.25, 0.3) is 5.91 Å². The van der Waals surface area contributed by atoms with Crippen LogP contribution in [0.3, 0.4) is 0 Å². The van der Waals surface area contributed by atoms with Crippen LogP contribution in [-0.2, 0) is 0 Å². The number of rotatable bonds is 4. The summed E-state index contributed by atoms with van der Waals surface area (Å²) in [6.45, 7) is 9.38. The first-order valence-electron chi connectivity index (χ1n) is 6.30. The van der Waals surface area contributed by atoms with Crippen LogP contribution >= 0.6 is 0 Å². The maximum absolute atomic E-state index is 12.4. The van der Waals surface area contributed by atoms with Gasteiger partial charge in [-0.25, -0.2) is 0 Å². The zero-order chi connectivity index (χ0) is 13.9. The Morgan fingerprint density at radius 2 is 1.94 bits per heavy atom. The Balaban J connectivity index is 2.91.